The van der Waals surface area contributed by atoms with Crippen molar-refractivity contribution < 1.29 is 9.53 Å². The summed E-state index contributed by atoms with van der Waals surface area (Å²) in [6, 6.07) is 31.2. The SMILES string of the molecule is [C-]#[N+]c1cccc(N(c2cccc(CCOC(=O)C(=C)C)c2)c2ccc3c(c2)C(C)(C)c2ccccc2-3)c1. The molecule has 0 spiro atoms. The van der Waals surface area contributed by atoms with Gasteiger partial charge in [-0.3, -0.25) is 0 Å². The van der Waals surface area contributed by atoms with Gasteiger partial charge in [0.1, 0.15) is 0 Å². The highest BCUT2D eigenvalue weighted by Crippen LogP contribution is 2.50. The minimum atomic E-state index is -0.375. The number of ether oxygens (including phenoxy) is 1. The van der Waals surface area contributed by atoms with Crippen LogP contribution in [0, 0.1) is 6.57 Å². The summed E-state index contributed by atoms with van der Waals surface area (Å²) in [5.41, 5.74) is 9.99. The largest absolute Gasteiger partial charge is 0.462 e. The van der Waals surface area contributed by atoms with Crippen molar-refractivity contribution in [3.8, 4) is 11.1 Å². The Bertz CT molecular complexity index is 1590. The van der Waals surface area contributed by atoms with Crippen LogP contribution in [0.1, 0.15) is 37.5 Å². The molecule has 0 heterocycles. The van der Waals surface area contributed by atoms with Gasteiger partial charge in [0.2, 0.25) is 0 Å². The summed E-state index contributed by atoms with van der Waals surface area (Å²) in [5, 5.41) is 0. The van der Waals surface area contributed by atoms with Crippen molar-refractivity contribution in [2.75, 3.05) is 11.5 Å². The van der Waals surface area contributed by atoms with E-state index in [-0.39, 0.29) is 18.0 Å². The lowest BCUT2D eigenvalue weighted by Crippen LogP contribution is -2.16. The number of nitrogens with zero attached hydrogens (tertiary/aromatic N) is 2. The highest BCUT2D eigenvalue weighted by Gasteiger charge is 2.35. The second-order valence-electron chi connectivity index (χ2n) is 10.2. The highest BCUT2D eigenvalue weighted by atomic mass is 16.5. The van der Waals surface area contributed by atoms with Gasteiger partial charge in [-0.25, -0.2) is 9.64 Å². The van der Waals surface area contributed by atoms with Crippen molar-refractivity contribution in [1.29, 1.82) is 0 Å². The van der Waals surface area contributed by atoms with Crippen molar-refractivity contribution in [2.45, 2.75) is 32.6 Å². The maximum Gasteiger partial charge on any atom is 0.333 e. The molecule has 0 aliphatic heterocycles. The second-order valence-corrected chi connectivity index (χ2v) is 10.2. The molecule has 0 saturated carbocycles. The Hall–Kier alpha value is -4.62. The number of anilines is 3. The van der Waals surface area contributed by atoms with Gasteiger partial charge in [-0.15, -0.1) is 0 Å². The van der Waals surface area contributed by atoms with Crippen LogP contribution in [0.15, 0.2) is 103 Å². The Morgan fingerprint density at radius 3 is 2.32 bits per heavy atom. The molecule has 4 nitrogen and oxygen atoms in total. The van der Waals surface area contributed by atoms with E-state index in [1.807, 2.05) is 36.4 Å². The first-order valence-electron chi connectivity index (χ1n) is 12.7. The van der Waals surface area contributed by atoms with Gasteiger partial charge < -0.3 is 9.64 Å². The number of benzene rings is 4. The third-order valence-electron chi connectivity index (χ3n) is 7.18. The summed E-state index contributed by atoms with van der Waals surface area (Å²) in [5.74, 6) is -0.375. The van der Waals surface area contributed by atoms with E-state index >= 15 is 0 Å². The first-order chi connectivity index (χ1) is 18.3. The van der Waals surface area contributed by atoms with E-state index in [4.69, 9.17) is 11.3 Å². The average Bonchev–Trinajstić information content (AvgIpc) is 3.15. The smallest absolute Gasteiger partial charge is 0.333 e. The summed E-state index contributed by atoms with van der Waals surface area (Å²) >= 11 is 0. The summed E-state index contributed by atoms with van der Waals surface area (Å²) in [7, 11) is 0. The molecule has 0 radical (unpaired) electrons. The Morgan fingerprint density at radius 2 is 1.55 bits per heavy atom. The van der Waals surface area contributed by atoms with E-state index in [1.54, 1.807) is 6.92 Å². The molecule has 4 aromatic rings. The van der Waals surface area contributed by atoms with Crippen LogP contribution >= 0.6 is 0 Å². The minimum absolute atomic E-state index is 0.124. The van der Waals surface area contributed by atoms with Crippen molar-refractivity contribution >= 4 is 28.7 Å². The molecule has 0 N–H and O–H groups in total. The molecule has 4 aromatic carbocycles. The van der Waals surface area contributed by atoms with Crippen LogP contribution in [0.25, 0.3) is 16.0 Å². The molecule has 0 fully saturated rings. The van der Waals surface area contributed by atoms with Crippen LogP contribution in [0.5, 0.6) is 0 Å². The molecule has 0 saturated heterocycles. The molecule has 188 valence electrons. The van der Waals surface area contributed by atoms with Crippen LogP contribution < -0.4 is 4.90 Å². The van der Waals surface area contributed by atoms with Gasteiger partial charge in [0.15, 0.2) is 5.69 Å². The lowest BCUT2D eigenvalue weighted by Gasteiger charge is -2.28. The molecular formula is C34H30N2O2. The van der Waals surface area contributed by atoms with E-state index in [2.05, 4.69) is 84.8 Å². The van der Waals surface area contributed by atoms with Crippen molar-refractivity contribution in [2.24, 2.45) is 0 Å². The van der Waals surface area contributed by atoms with Crippen molar-refractivity contribution in [1.82, 2.24) is 0 Å². The number of fused-ring (bicyclic) bond motifs is 3. The van der Waals surface area contributed by atoms with Gasteiger partial charge in [-0.1, -0.05) is 75.0 Å². The van der Waals surface area contributed by atoms with Crippen LogP contribution in [0.3, 0.4) is 0 Å². The maximum absolute atomic E-state index is 11.8. The van der Waals surface area contributed by atoms with Crippen molar-refractivity contribution in [3.63, 3.8) is 0 Å². The summed E-state index contributed by atoms with van der Waals surface area (Å²) in [4.78, 5) is 17.7. The first-order valence-corrected chi connectivity index (χ1v) is 12.7. The van der Waals surface area contributed by atoms with Gasteiger partial charge in [0.25, 0.3) is 0 Å². The van der Waals surface area contributed by atoms with Gasteiger partial charge >= 0.3 is 5.97 Å². The third-order valence-corrected chi connectivity index (χ3v) is 7.18. The second kappa shape index (κ2) is 10.0. The van der Waals surface area contributed by atoms with Gasteiger partial charge in [0, 0.05) is 34.5 Å². The molecule has 0 atom stereocenters. The van der Waals surface area contributed by atoms with Crippen LogP contribution in [-0.2, 0) is 21.4 Å². The lowest BCUT2D eigenvalue weighted by molar-refractivity contribution is -0.138. The standard InChI is InChI=1S/C34H30N2O2/c1-23(2)33(37)38-19-18-24-10-8-12-26(20-24)36(27-13-9-11-25(21-27)35-5)28-16-17-30-29-14-6-7-15-31(29)34(3,4)32(30)22-28/h6-17,20-22H,1,18-19H2,2-4H3. The van der Waals surface area contributed by atoms with Crippen molar-refractivity contribution in [3.05, 3.63) is 131 Å². The fourth-order valence-electron chi connectivity index (χ4n) is 5.22. The molecule has 38 heavy (non-hydrogen) atoms. The van der Waals surface area contributed by atoms with E-state index < -0.39 is 0 Å². The van der Waals surface area contributed by atoms with E-state index in [9.17, 15) is 4.79 Å². The number of carbonyl (C=O) groups excluding carboxylic acids is 1. The normalized spacial score (nSPS) is 12.7. The predicted molar refractivity (Wildman–Crippen MR) is 154 cm³/mol. The van der Waals surface area contributed by atoms with Gasteiger partial charge in [-0.05, 0) is 71.1 Å². The summed E-state index contributed by atoms with van der Waals surface area (Å²) in [6.45, 7) is 17.7. The number of hydrogen-bond acceptors (Lipinski definition) is 3. The fourth-order valence-corrected chi connectivity index (χ4v) is 5.22. The van der Waals surface area contributed by atoms with Crippen LogP contribution in [-0.4, -0.2) is 12.6 Å². The van der Waals surface area contributed by atoms with Crippen LogP contribution in [0.4, 0.5) is 22.7 Å². The number of carbonyl (C=O) groups is 1. The monoisotopic (exact) mass is 498 g/mol. The zero-order valence-electron chi connectivity index (χ0n) is 22.0. The molecule has 1 aliphatic rings. The maximum atomic E-state index is 11.8. The number of rotatable bonds is 7. The highest BCUT2D eigenvalue weighted by molar-refractivity contribution is 5.87. The third kappa shape index (κ3) is 4.60. The first kappa shape index (κ1) is 25.0. The number of esters is 1. The number of hydrogen-bond donors (Lipinski definition) is 0. The molecule has 0 amide bonds. The Kier molecular flexibility index (Phi) is 6.61. The Morgan fingerprint density at radius 1 is 0.868 bits per heavy atom. The molecule has 5 rings (SSSR count). The van der Waals surface area contributed by atoms with E-state index in [0.717, 1.165) is 22.6 Å². The Balaban J connectivity index is 1.57. The predicted octanol–water partition coefficient (Wildman–Crippen LogP) is 8.68. The van der Waals surface area contributed by atoms with E-state index in [1.165, 1.54) is 22.3 Å². The van der Waals surface area contributed by atoms with E-state index in [0.29, 0.717) is 17.7 Å². The van der Waals surface area contributed by atoms with Gasteiger partial charge in [0.05, 0.1) is 13.2 Å². The molecule has 0 bridgehead atoms. The topological polar surface area (TPSA) is 33.9 Å². The molecular weight excluding hydrogens is 468 g/mol. The van der Waals surface area contributed by atoms with Gasteiger partial charge in [-0.2, -0.15) is 0 Å². The fraction of sp³-hybridized carbons (Fsp3) is 0.176. The quantitative estimate of drug-likeness (QED) is 0.145. The average molecular weight is 499 g/mol. The molecule has 4 heteroatoms. The lowest BCUT2D eigenvalue weighted by atomic mass is 9.82. The zero-order chi connectivity index (χ0) is 26.9. The molecule has 1 aliphatic carbocycles. The van der Waals surface area contributed by atoms with Crippen LogP contribution in [0.2, 0.25) is 0 Å². The summed E-state index contributed by atoms with van der Waals surface area (Å²) in [6.07, 6.45) is 0.593. The molecule has 0 unspecified atom stereocenters. The minimum Gasteiger partial charge on any atom is -0.462 e. The zero-order valence-corrected chi connectivity index (χ0v) is 22.0. The Labute approximate surface area is 224 Å². The molecule has 0 aromatic heterocycles. The summed E-state index contributed by atoms with van der Waals surface area (Å²) < 4.78 is 5.33.